The van der Waals surface area contributed by atoms with Gasteiger partial charge in [-0.2, -0.15) is 0 Å². The fraction of sp³-hybridized carbons (Fsp3) is 0.750. The lowest BCUT2D eigenvalue weighted by molar-refractivity contribution is -0.229. The first kappa shape index (κ1) is 18.2. The van der Waals surface area contributed by atoms with Gasteiger partial charge in [-0.15, -0.1) is 12.4 Å². The molecule has 0 spiro atoms. The van der Waals surface area contributed by atoms with Crippen molar-refractivity contribution in [3.8, 4) is 0 Å². The van der Waals surface area contributed by atoms with Gasteiger partial charge in [0.1, 0.15) is 17.0 Å². The molecule has 1 saturated heterocycles. The van der Waals surface area contributed by atoms with Crippen LogP contribution in [0, 0.1) is 18.3 Å². The number of aromatic nitrogens is 1. The maximum Gasteiger partial charge on any atom is 0.243 e. The zero-order valence-corrected chi connectivity index (χ0v) is 15.0. The second-order valence-corrected chi connectivity index (χ2v) is 7.22. The lowest BCUT2D eigenvalue weighted by atomic mass is 9.46. The summed E-state index contributed by atoms with van der Waals surface area (Å²) >= 11 is 0. The largest absolute Gasteiger partial charge is 0.377 e. The molecule has 1 amide bonds. The van der Waals surface area contributed by atoms with Crippen LogP contribution in [0.25, 0.3) is 0 Å². The first-order chi connectivity index (χ1) is 10.3. The van der Waals surface area contributed by atoms with Gasteiger partial charge in [-0.05, 0) is 19.8 Å². The van der Waals surface area contributed by atoms with Crippen LogP contribution in [0.1, 0.15) is 38.1 Å². The molecule has 3 unspecified atom stereocenters. The van der Waals surface area contributed by atoms with Crippen molar-refractivity contribution in [2.75, 3.05) is 13.7 Å². The number of hydrogen-bond acceptors (Lipinski definition) is 5. The Morgan fingerprint density at radius 2 is 2.22 bits per heavy atom. The van der Waals surface area contributed by atoms with Gasteiger partial charge in [-0.3, -0.25) is 4.79 Å². The van der Waals surface area contributed by atoms with Gasteiger partial charge < -0.3 is 19.9 Å². The van der Waals surface area contributed by atoms with Crippen LogP contribution in [0.5, 0.6) is 0 Å². The SMILES string of the molecule is Cc1cc(CN(C)C(=O)C2(N)C3CCCOC3C2(C)C)no1.Cl. The number of nitrogens with two attached hydrogens (primary N) is 1. The van der Waals surface area contributed by atoms with Crippen molar-refractivity contribution in [1.82, 2.24) is 10.1 Å². The highest BCUT2D eigenvalue weighted by atomic mass is 35.5. The van der Waals surface area contributed by atoms with E-state index in [9.17, 15) is 4.79 Å². The highest BCUT2D eigenvalue weighted by molar-refractivity contribution is 5.89. The van der Waals surface area contributed by atoms with Gasteiger partial charge in [0, 0.05) is 31.1 Å². The van der Waals surface area contributed by atoms with Crippen molar-refractivity contribution < 1.29 is 14.1 Å². The molecule has 0 bridgehead atoms. The number of carbonyl (C=O) groups excluding carboxylic acids is 1. The highest BCUT2D eigenvalue weighted by Gasteiger charge is 2.70. The third kappa shape index (κ3) is 2.57. The van der Waals surface area contributed by atoms with Crippen LogP contribution in [0.2, 0.25) is 0 Å². The summed E-state index contributed by atoms with van der Waals surface area (Å²) in [6.07, 6.45) is 2.00. The number of carbonyl (C=O) groups is 1. The predicted molar refractivity (Wildman–Crippen MR) is 88.1 cm³/mol. The van der Waals surface area contributed by atoms with E-state index in [1.165, 1.54) is 0 Å². The van der Waals surface area contributed by atoms with Gasteiger partial charge >= 0.3 is 0 Å². The molecule has 6 nitrogen and oxygen atoms in total. The Kier molecular flexibility index (Phi) is 4.81. The Hall–Kier alpha value is -1.11. The quantitative estimate of drug-likeness (QED) is 0.906. The predicted octanol–water partition coefficient (Wildman–Crippen LogP) is 1.90. The van der Waals surface area contributed by atoms with Gasteiger partial charge in [-0.25, -0.2) is 0 Å². The van der Waals surface area contributed by atoms with Gasteiger partial charge in [0.25, 0.3) is 0 Å². The van der Waals surface area contributed by atoms with Crippen LogP contribution in [0.3, 0.4) is 0 Å². The topological polar surface area (TPSA) is 81.6 Å². The second kappa shape index (κ2) is 6.07. The summed E-state index contributed by atoms with van der Waals surface area (Å²) in [5, 5.41) is 3.95. The fourth-order valence-electron chi connectivity index (χ4n) is 4.13. The van der Waals surface area contributed by atoms with Crippen LogP contribution >= 0.6 is 12.4 Å². The minimum Gasteiger partial charge on any atom is -0.377 e. The lowest BCUT2D eigenvalue weighted by Gasteiger charge is -2.65. The lowest BCUT2D eigenvalue weighted by Crippen LogP contribution is -2.82. The van der Waals surface area contributed by atoms with Crippen molar-refractivity contribution in [2.24, 2.45) is 17.1 Å². The molecular weight excluding hydrogens is 318 g/mol. The first-order valence-electron chi connectivity index (χ1n) is 7.86. The first-order valence-corrected chi connectivity index (χ1v) is 7.86. The van der Waals surface area contributed by atoms with E-state index >= 15 is 0 Å². The molecule has 23 heavy (non-hydrogen) atoms. The number of rotatable bonds is 3. The molecule has 1 aromatic heterocycles. The zero-order chi connectivity index (χ0) is 16.1. The second-order valence-electron chi connectivity index (χ2n) is 7.22. The summed E-state index contributed by atoms with van der Waals surface area (Å²) in [4.78, 5) is 14.7. The maximum absolute atomic E-state index is 13.0. The third-order valence-electron chi connectivity index (χ3n) is 5.46. The van der Waals surface area contributed by atoms with Crippen molar-refractivity contribution in [3.05, 3.63) is 17.5 Å². The van der Waals surface area contributed by atoms with Crippen molar-refractivity contribution in [2.45, 2.75) is 51.8 Å². The molecule has 1 aliphatic heterocycles. The highest BCUT2D eigenvalue weighted by Crippen LogP contribution is 2.57. The Labute approximate surface area is 143 Å². The molecule has 1 aliphatic carbocycles. The molecule has 2 heterocycles. The normalized spacial score (nSPS) is 31.5. The minimum absolute atomic E-state index is 0. The smallest absolute Gasteiger partial charge is 0.243 e. The Balaban J connectivity index is 0.00000192. The molecule has 2 fully saturated rings. The van der Waals surface area contributed by atoms with Gasteiger partial charge in [-0.1, -0.05) is 19.0 Å². The molecule has 7 heteroatoms. The zero-order valence-electron chi connectivity index (χ0n) is 14.2. The van der Waals surface area contributed by atoms with E-state index < -0.39 is 5.54 Å². The van der Waals surface area contributed by atoms with E-state index in [-0.39, 0.29) is 35.8 Å². The number of ether oxygens (including phenoxy) is 1. The van der Waals surface area contributed by atoms with Crippen molar-refractivity contribution in [1.29, 1.82) is 0 Å². The molecule has 2 N–H and O–H groups in total. The number of aryl methyl sites for hydroxylation is 1. The third-order valence-corrected chi connectivity index (χ3v) is 5.46. The number of amides is 1. The summed E-state index contributed by atoms with van der Waals surface area (Å²) in [7, 11) is 1.77. The van der Waals surface area contributed by atoms with E-state index in [4.69, 9.17) is 15.0 Å². The number of hydrogen-bond donors (Lipinski definition) is 1. The fourth-order valence-corrected chi connectivity index (χ4v) is 4.13. The molecule has 3 atom stereocenters. The Bertz CT molecular complexity index is 589. The van der Waals surface area contributed by atoms with Crippen LogP contribution in [-0.2, 0) is 16.1 Å². The van der Waals surface area contributed by atoms with Crippen LogP contribution in [0.4, 0.5) is 0 Å². The molecule has 2 aliphatic rings. The summed E-state index contributed by atoms with van der Waals surface area (Å²) in [6.45, 7) is 7.07. The monoisotopic (exact) mass is 343 g/mol. The number of fused-ring (bicyclic) bond motifs is 1. The molecular formula is C16H26ClN3O3. The average molecular weight is 344 g/mol. The number of halogens is 1. The van der Waals surface area contributed by atoms with Gasteiger partial charge in [0.2, 0.25) is 5.91 Å². The average Bonchev–Trinajstić information content (AvgIpc) is 2.90. The molecule has 130 valence electrons. The molecule has 0 radical (unpaired) electrons. The van der Waals surface area contributed by atoms with Crippen LogP contribution in [-0.4, -0.2) is 41.3 Å². The van der Waals surface area contributed by atoms with Gasteiger partial charge in [0.15, 0.2) is 0 Å². The van der Waals surface area contributed by atoms with E-state index in [0.717, 1.165) is 30.9 Å². The molecule has 3 rings (SSSR count). The van der Waals surface area contributed by atoms with E-state index in [1.54, 1.807) is 11.9 Å². The Morgan fingerprint density at radius 1 is 1.52 bits per heavy atom. The summed E-state index contributed by atoms with van der Waals surface area (Å²) in [6, 6.07) is 1.84. The number of nitrogens with zero attached hydrogens (tertiary/aromatic N) is 2. The standard InChI is InChI=1S/C16H25N3O3.ClH/c1-10-8-11(18-22-10)9-19(4)14(20)16(17)12-6-5-7-21-13(12)15(16,2)3;/h8,12-13H,5-7,9,17H2,1-4H3;1H. The van der Waals surface area contributed by atoms with Crippen molar-refractivity contribution in [3.63, 3.8) is 0 Å². The molecule has 1 aromatic rings. The van der Waals surface area contributed by atoms with E-state index in [2.05, 4.69) is 5.16 Å². The molecule has 1 saturated carbocycles. The Morgan fingerprint density at radius 3 is 2.83 bits per heavy atom. The summed E-state index contributed by atoms with van der Waals surface area (Å²) in [5.41, 5.74) is 6.14. The van der Waals surface area contributed by atoms with Crippen LogP contribution in [0.15, 0.2) is 10.6 Å². The van der Waals surface area contributed by atoms with Crippen molar-refractivity contribution >= 4 is 18.3 Å². The van der Waals surface area contributed by atoms with E-state index in [1.807, 2.05) is 26.8 Å². The maximum atomic E-state index is 13.0. The minimum atomic E-state index is -0.869. The van der Waals surface area contributed by atoms with Crippen LogP contribution < -0.4 is 5.73 Å². The summed E-state index contributed by atoms with van der Waals surface area (Å²) < 4.78 is 10.9. The summed E-state index contributed by atoms with van der Waals surface area (Å²) in [5.74, 6) is 0.804. The van der Waals surface area contributed by atoms with Gasteiger partial charge in [0.05, 0.1) is 12.6 Å². The van der Waals surface area contributed by atoms with E-state index in [0.29, 0.717) is 6.54 Å². The molecule has 0 aromatic carbocycles. The number of likely N-dealkylation sites (N-methyl/N-ethyl adjacent to an activating group) is 1.